The molecule has 3 rings (SSSR count). The lowest BCUT2D eigenvalue weighted by atomic mass is 9.78. The first kappa shape index (κ1) is 20.2. The van der Waals surface area contributed by atoms with E-state index in [2.05, 4.69) is 5.32 Å². The number of hydrogen-bond donors (Lipinski definition) is 2. The van der Waals surface area contributed by atoms with Crippen LogP contribution >= 0.6 is 0 Å². The van der Waals surface area contributed by atoms with Crippen molar-refractivity contribution in [2.24, 2.45) is 0 Å². The van der Waals surface area contributed by atoms with Crippen LogP contribution in [0.3, 0.4) is 0 Å². The Kier molecular flexibility index (Phi) is 4.91. The zero-order valence-electron chi connectivity index (χ0n) is 14.2. The second-order valence-electron chi connectivity index (χ2n) is 6.58. The van der Waals surface area contributed by atoms with E-state index in [0.717, 1.165) is 24.3 Å². The van der Waals surface area contributed by atoms with Crippen molar-refractivity contribution in [3.8, 4) is 0 Å². The first-order chi connectivity index (χ1) is 12.9. The first-order valence-electron chi connectivity index (χ1n) is 8.29. The number of alkyl halides is 6. The van der Waals surface area contributed by atoms with Crippen LogP contribution in [0.25, 0.3) is 0 Å². The highest BCUT2D eigenvalue weighted by Gasteiger charge is 2.45. The van der Waals surface area contributed by atoms with Gasteiger partial charge in [0.1, 0.15) is 5.60 Å². The van der Waals surface area contributed by atoms with Crippen LogP contribution in [0.4, 0.5) is 26.3 Å². The molecule has 0 bridgehead atoms. The predicted molar refractivity (Wildman–Crippen MR) is 87.1 cm³/mol. The Morgan fingerprint density at radius 2 is 1.25 bits per heavy atom. The van der Waals surface area contributed by atoms with Crippen molar-refractivity contribution in [2.75, 3.05) is 0 Å². The number of carbonyl (C=O) groups excluding carboxylic acids is 1. The quantitative estimate of drug-likeness (QED) is 0.754. The molecule has 1 aliphatic heterocycles. The fourth-order valence-electron chi connectivity index (χ4n) is 3.36. The monoisotopic (exact) mass is 403 g/mol. The summed E-state index contributed by atoms with van der Waals surface area (Å²) < 4.78 is 78.7. The minimum atomic E-state index is -4.70. The van der Waals surface area contributed by atoms with Crippen LogP contribution in [-0.4, -0.2) is 17.1 Å². The minimum Gasteiger partial charge on any atom is -0.378 e. The fraction of sp³-hybridized carbons (Fsp3) is 0.316. The van der Waals surface area contributed by atoms with Crippen molar-refractivity contribution in [1.29, 1.82) is 0 Å². The molecule has 0 aromatic heterocycles. The highest BCUT2D eigenvalue weighted by atomic mass is 19.4. The summed E-state index contributed by atoms with van der Waals surface area (Å²) in [6, 6.07) is 6.40. The van der Waals surface area contributed by atoms with Gasteiger partial charge in [0.2, 0.25) is 5.91 Å². The van der Waals surface area contributed by atoms with Crippen LogP contribution < -0.4 is 5.32 Å². The standard InChI is InChI=1S/C19H15F6NO2/c20-18(21,22)13-5-1-3-11(9-13)17(28,15-7-8-16(27)26-15)12-4-2-6-14(10-12)19(23,24)25/h1-6,9-10,15,28H,7-8H2,(H,26,27)/t15-/m1/s1. The van der Waals surface area contributed by atoms with Gasteiger partial charge < -0.3 is 10.4 Å². The van der Waals surface area contributed by atoms with Crippen molar-refractivity contribution < 1.29 is 36.2 Å². The zero-order chi connectivity index (χ0) is 20.7. The van der Waals surface area contributed by atoms with Gasteiger partial charge in [0, 0.05) is 6.42 Å². The van der Waals surface area contributed by atoms with Crippen LogP contribution in [0.1, 0.15) is 35.1 Å². The molecule has 0 aliphatic carbocycles. The predicted octanol–water partition coefficient (Wildman–Crippen LogP) is 4.24. The summed E-state index contributed by atoms with van der Waals surface area (Å²) in [4.78, 5) is 11.6. The summed E-state index contributed by atoms with van der Waals surface area (Å²) in [5.41, 5.74) is -4.89. The highest BCUT2D eigenvalue weighted by molar-refractivity contribution is 5.79. The van der Waals surface area contributed by atoms with E-state index in [1.165, 1.54) is 12.1 Å². The van der Waals surface area contributed by atoms with E-state index in [1.807, 2.05) is 0 Å². The van der Waals surface area contributed by atoms with Gasteiger partial charge in [-0.3, -0.25) is 4.79 Å². The number of aliphatic hydroxyl groups is 1. The van der Waals surface area contributed by atoms with E-state index >= 15 is 0 Å². The first-order valence-corrected chi connectivity index (χ1v) is 8.29. The normalized spacial score (nSPS) is 18.2. The number of halogens is 6. The molecule has 2 aromatic carbocycles. The summed E-state index contributed by atoms with van der Waals surface area (Å²) in [6.45, 7) is 0. The number of carbonyl (C=O) groups is 1. The smallest absolute Gasteiger partial charge is 0.378 e. The molecule has 1 saturated heterocycles. The summed E-state index contributed by atoms with van der Waals surface area (Å²) >= 11 is 0. The van der Waals surface area contributed by atoms with Crippen molar-refractivity contribution in [3.05, 3.63) is 70.8 Å². The largest absolute Gasteiger partial charge is 0.416 e. The molecular weight excluding hydrogens is 388 g/mol. The van der Waals surface area contributed by atoms with Crippen LogP contribution in [0, 0.1) is 0 Å². The molecule has 2 aromatic rings. The molecule has 0 saturated carbocycles. The van der Waals surface area contributed by atoms with Crippen molar-refractivity contribution >= 4 is 5.91 Å². The lowest BCUT2D eigenvalue weighted by molar-refractivity contribution is -0.138. The van der Waals surface area contributed by atoms with Gasteiger partial charge in [-0.15, -0.1) is 0 Å². The van der Waals surface area contributed by atoms with Crippen molar-refractivity contribution in [2.45, 2.75) is 36.8 Å². The molecule has 0 unspecified atom stereocenters. The Hall–Kier alpha value is -2.55. The number of amides is 1. The maximum Gasteiger partial charge on any atom is 0.416 e. The molecule has 0 radical (unpaired) electrons. The van der Waals surface area contributed by atoms with Crippen LogP contribution in [0.2, 0.25) is 0 Å². The molecule has 1 amide bonds. The van der Waals surface area contributed by atoms with Gasteiger partial charge in [0.05, 0.1) is 17.2 Å². The number of benzene rings is 2. The van der Waals surface area contributed by atoms with Gasteiger partial charge >= 0.3 is 12.4 Å². The Balaban J connectivity index is 2.19. The minimum absolute atomic E-state index is 0.00486. The van der Waals surface area contributed by atoms with Gasteiger partial charge in [-0.1, -0.05) is 24.3 Å². The number of nitrogens with one attached hydrogen (secondary N) is 1. The van der Waals surface area contributed by atoms with Crippen molar-refractivity contribution in [1.82, 2.24) is 5.32 Å². The summed E-state index contributed by atoms with van der Waals surface area (Å²) in [7, 11) is 0. The maximum absolute atomic E-state index is 13.1. The summed E-state index contributed by atoms with van der Waals surface area (Å²) in [6.07, 6.45) is -9.35. The van der Waals surface area contributed by atoms with Gasteiger partial charge in [-0.2, -0.15) is 26.3 Å². The third kappa shape index (κ3) is 3.71. The molecule has 3 nitrogen and oxygen atoms in total. The average Bonchev–Trinajstić information content (AvgIpc) is 3.07. The Morgan fingerprint density at radius 3 is 1.61 bits per heavy atom. The maximum atomic E-state index is 13.1. The van der Waals surface area contributed by atoms with Crippen LogP contribution in [0.15, 0.2) is 48.5 Å². The fourth-order valence-corrected chi connectivity index (χ4v) is 3.36. The molecule has 28 heavy (non-hydrogen) atoms. The van der Waals surface area contributed by atoms with E-state index < -0.39 is 41.0 Å². The van der Waals surface area contributed by atoms with E-state index in [0.29, 0.717) is 12.1 Å². The third-order valence-corrected chi connectivity index (χ3v) is 4.76. The highest BCUT2D eigenvalue weighted by Crippen LogP contribution is 2.41. The number of hydrogen-bond acceptors (Lipinski definition) is 2. The van der Waals surface area contributed by atoms with E-state index in [1.54, 1.807) is 0 Å². The third-order valence-electron chi connectivity index (χ3n) is 4.76. The van der Waals surface area contributed by atoms with Crippen LogP contribution in [-0.2, 0) is 22.7 Å². The molecular formula is C19H15F6NO2. The van der Waals surface area contributed by atoms with Gasteiger partial charge in [0.25, 0.3) is 0 Å². The zero-order valence-corrected chi connectivity index (χ0v) is 14.2. The van der Waals surface area contributed by atoms with Crippen LogP contribution in [0.5, 0.6) is 0 Å². The molecule has 0 spiro atoms. The molecule has 1 fully saturated rings. The Bertz CT molecular complexity index is 833. The second-order valence-corrected chi connectivity index (χ2v) is 6.58. The molecule has 150 valence electrons. The van der Waals surface area contributed by atoms with E-state index in [-0.39, 0.29) is 24.0 Å². The van der Waals surface area contributed by atoms with Gasteiger partial charge in [0.15, 0.2) is 0 Å². The van der Waals surface area contributed by atoms with Gasteiger partial charge in [-0.05, 0) is 41.8 Å². The number of rotatable bonds is 3. The Labute approximate surface area is 156 Å². The summed E-state index contributed by atoms with van der Waals surface area (Å²) in [5.74, 6) is -0.442. The Morgan fingerprint density at radius 1 is 0.821 bits per heavy atom. The molecule has 1 heterocycles. The second kappa shape index (κ2) is 6.80. The SMILES string of the molecule is O=C1CC[C@H](C(O)(c2cccc(C(F)(F)F)c2)c2cccc(C(F)(F)F)c2)N1. The van der Waals surface area contributed by atoms with E-state index in [4.69, 9.17) is 0 Å². The topological polar surface area (TPSA) is 49.3 Å². The molecule has 2 N–H and O–H groups in total. The molecule has 1 aliphatic rings. The van der Waals surface area contributed by atoms with E-state index in [9.17, 15) is 36.2 Å². The summed E-state index contributed by atoms with van der Waals surface area (Å²) in [5, 5.41) is 13.9. The van der Waals surface area contributed by atoms with Crippen molar-refractivity contribution in [3.63, 3.8) is 0 Å². The lowest BCUT2D eigenvalue weighted by Gasteiger charge is -2.35. The average molecular weight is 403 g/mol. The van der Waals surface area contributed by atoms with Gasteiger partial charge in [-0.25, -0.2) is 0 Å². The molecule has 1 atom stereocenters. The molecule has 9 heteroatoms. The lowest BCUT2D eigenvalue weighted by Crippen LogP contribution is -2.47.